The van der Waals surface area contributed by atoms with Crippen molar-refractivity contribution in [2.24, 2.45) is 5.92 Å². The lowest BCUT2D eigenvalue weighted by Gasteiger charge is -2.22. The third kappa shape index (κ3) is 3.16. The van der Waals surface area contributed by atoms with Crippen molar-refractivity contribution in [2.45, 2.75) is 32.7 Å². The summed E-state index contributed by atoms with van der Waals surface area (Å²) in [7, 11) is 0. The number of aromatic carboxylic acids is 1. The number of rotatable bonds is 5. The Labute approximate surface area is 168 Å². The highest BCUT2D eigenvalue weighted by Crippen LogP contribution is 2.40. The maximum Gasteiger partial charge on any atom is 0.341 e. The van der Waals surface area contributed by atoms with Gasteiger partial charge in [-0.25, -0.2) is 9.18 Å². The molecule has 1 aromatic heterocycles. The summed E-state index contributed by atoms with van der Waals surface area (Å²) in [6.07, 6.45) is 3.01. The third-order valence-corrected chi connectivity index (χ3v) is 5.83. The van der Waals surface area contributed by atoms with Crippen LogP contribution < -0.4 is 15.6 Å². The molecule has 3 heterocycles. The standard InChI is InChI=1S/C20H24FN3O3.ClH/c1-3-22-8-12-4-5-23(9-12)18-13-6-11(2)24-10-15(20(26)27)19(25)14(17(13)24)7-16(18)21;/h7,10-12,22H,3-6,8-9H2,1-2H3,(H,26,27);1H. The Morgan fingerprint density at radius 2 is 2.18 bits per heavy atom. The minimum atomic E-state index is -1.28. The number of hydrogen-bond acceptors (Lipinski definition) is 4. The average molecular weight is 410 g/mol. The Bertz CT molecular complexity index is 991. The summed E-state index contributed by atoms with van der Waals surface area (Å²) in [6, 6.07) is 1.22. The SMILES string of the molecule is CCNCC1CCN(c2c(F)cc3c(=O)c(C(=O)O)cn4c3c2CC4C)C1.Cl. The van der Waals surface area contributed by atoms with E-state index in [2.05, 4.69) is 17.1 Å². The molecule has 1 saturated heterocycles. The Morgan fingerprint density at radius 3 is 2.86 bits per heavy atom. The van der Waals surface area contributed by atoms with Crippen LogP contribution in [-0.2, 0) is 6.42 Å². The molecule has 2 unspecified atom stereocenters. The molecule has 2 aliphatic rings. The van der Waals surface area contributed by atoms with Crippen LogP contribution in [-0.4, -0.2) is 41.8 Å². The summed E-state index contributed by atoms with van der Waals surface area (Å²) in [5.74, 6) is -1.23. The monoisotopic (exact) mass is 409 g/mol. The number of aromatic nitrogens is 1. The maximum atomic E-state index is 15.1. The number of pyridine rings is 1. The lowest BCUT2D eigenvalue weighted by molar-refractivity contribution is 0.0694. The molecule has 0 spiro atoms. The molecular weight excluding hydrogens is 385 g/mol. The summed E-state index contributed by atoms with van der Waals surface area (Å²) < 4.78 is 16.9. The van der Waals surface area contributed by atoms with Crippen molar-refractivity contribution < 1.29 is 14.3 Å². The summed E-state index contributed by atoms with van der Waals surface area (Å²) in [5.41, 5.74) is 1.18. The van der Waals surface area contributed by atoms with Crippen molar-refractivity contribution in [3.63, 3.8) is 0 Å². The van der Waals surface area contributed by atoms with E-state index in [0.29, 0.717) is 23.5 Å². The Hall–Kier alpha value is -2.12. The topological polar surface area (TPSA) is 74.6 Å². The van der Waals surface area contributed by atoms with E-state index in [1.165, 1.54) is 12.3 Å². The zero-order chi connectivity index (χ0) is 19.3. The van der Waals surface area contributed by atoms with Crippen molar-refractivity contribution in [1.29, 1.82) is 0 Å². The molecule has 2 aromatic rings. The molecule has 28 heavy (non-hydrogen) atoms. The van der Waals surface area contributed by atoms with Crippen molar-refractivity contribution >= 4 is 35.0 Å². The van der Waals surface area contributed by atoms with Crippen molar-refractivity contribution in [1.82, 2.24) is 9.88 Å². The van der Waals surface area contributed by atoms with Crippen LogP contribution in [0.1, 0.15) is 42.2 Å². The first kappa shape index (κ1) is 20.6. The van der Waals surface area contributed by atoms with E-state index >= 15 is 4.39 Å². The molecule has 6 nitrogen and oxygen atoms in total. The fourth-order valence-electron chi connectivity index (χ4n) is 4.54. The smallest absolute Gasteiger partial charge is 0.341 e. The largest absolute Gasteiger partial charge is 0.477 e. The number of benzene rings is 1. The molecule has 1 fully saturated rings. The van der Waals surface area contributed by atoms with Crippen LogP contribution in [0.2, 0.25) is 0 Å². The quantitative estimate of drug-likeness (QED) is 0.794. The predicted molar refractivity (Wildman–Crippen MR) is 110 cm³/mol. The number of carboxylic acid groups (broad SMARTS) is 1. The molecule has 0 aliphatic carbocycles. The van der Waals surface area contributed by atoms with Gasteiger partial charge in [-0.15, -0.1) is 12.4 Å². The zero-order valence-electron chi connectivity index (χ0n) is 16.0. The molecular formula is C20H25ClFN3O3. The van der Waals surface area contributed by atoms with Crippen LogP contribution >= 0.6 is 12.4 Å². The van der Waals surface area contributed by atoms with E-state index in [1.54, 1.807) is 0 Å². The van der Waals surface area contributed by atoms with Gasteiger partial charge in [0.25, 0.3) is 0 Å². The minimum Gasteiger partial charge on any atom is -0.477 e. The summed E-state index contributed by atoms with van der Waals surface area (Å²) in [5, 5.41) is 12.8. The second kappa shape index (κ2) is 7.72. The fourth-order valence-corrected chi connectivity index (χ4v) is 4.54. The Balaban J connectivity index is 0.00000225. The highest BCUT2D eigenvalue weighted by Gasteiger charge is 2.33. The third-order valence-electron chi connectivity index (χ3n) is 5.83. The highest BCUT2D eigenvalue weighted by molar-refractivity contribution is 5.96. The van der Waals surface area contributed by atoms with Gasteiger partial charge in [-0.05, 0) is 44.8 Å². The van der Waals surface area contributed by atoms with Crippen LogP contribution in [0.3, 0.4) is 0 Å². The molecule has 2 aliphatic heterocycles. The number of nitrogens with one attached hydrogen (secondary N) is 1. The number of hydrogen-bond donors (Lipinski definition) is 2. The first-order valence-electron chi connectivity index (χ1n) is 9.51. The lowest BCUT2D eigenvalue weighted by Crippen LogP contribution is -2.27. The number of carbonyl (C=O) groups is 1. The molecule has 1 aromatic carbocycles. The van der Waals surface area contributed by atoms with Crippen molar-refractivity contribution in [3.8, 4) is 0 Å². The van der Waals surface area contributed by atoms with Gasteiger partial charge < -0.3 is 19.9 Å². The van der Waals surface area contributed by atoms with Gasteiger partial charge in [0.2, 0.25) is 5.43 Å². The molecule has 152 valence electrons. The number of carboxylic acids is 1. The lowest BCUT2D eigenvalue weighted by atomic mass is 10.0. The molecule has 4 rings (SSSR count). The molecule has 2 atom stereocenters. The van der Waals surface area contributed by atoms with Gasteiger partial charge in [0.15, 0.2) is 0 Å². The van der Waals surface area contributed by atoms with Crippen LogP contribution in [0.5, 0.6) is 0 Å². The maximum absolute atomic E-state index is 15.1. The average Bonchev–Trinajstić information content (AvgIpc) is 3.21. The Morgan fingerprint density at radius 1 is 1.43 bits per heavy atom. The molecule has 0 amide bonds. The molecule has 2 N–H and O–H groups in total. The molecule has 0 saturated carbocycles. The first-order valence-corrected chi connectivity index (χ1v) is 9.51. The normalized spacial score (nSPS) is 20.6. The summed E-state index contributed by atoms with van der Waals surface area (Å²) in [4.78, 5) is 26.1. The van der Waals surface area contributed by atoms with E-state index in [-0.39, 0.29) is 29.4 Å². The van der Waals surface area contributed by atoms with Gasteiger partial charge in [-0.1, -0.05) is 6.92 Å². The van der Waals surface area contributed by atoms with Crippen LogP contribution in [0.15, 0.2) is 17.1 Å². The zero-order valence-corrected chi connectivity index (χ0v) is 16.8. The van der Waals surface area contributed by atoms with Gasteiger partial charge in [-0.3, -0.25) is 4.79 Å². The molecule has 8 heteroatoms. The first-order chi connectivity index (χ1) is 12.9. The van der Waals surface area contributed by atoms with E-state index in [4.69, 9.17) is 0 Å². The van der Waals surface area contributed by atoms with E-state index in [1.807, 2.05) is 11.5 Å². The Kier molecular flexibility index (Phi) is 5.68. The fraction of sp³-hybridized carbons (Fsp3) is 0.500. The number of halogens is 2. The summed E-state index contributed by atoms with van der Waals surface area (Å²) in [6.45, 7) is 7.45. The highest BCUT2D eigenvalue weighted by atomic mass is 35.5. The van der Waals surface area contributed by atoms with E-state index in [9.17, 15) is 14.7 Å². The second-order valence-electron chi connectivity index (χ2n) is 7.63. The molecule has 0 bridgehead atoms. The van der Waals surface area contributed by atoms with Gasteiger partial charge in [0, 0.05) is 36.3 Å². The van der Waals surface area contributed by atoms with Crippen LogP contribution in [0, 0.1) is 11.7 Å². The van der Waals surface area contributed by atoms with E-state index < -0.39 is 17.2 Å². The van der Waals surface area contributed by atoms with Crippen LogP contribution in [0.25, 0.3) is 10.9 Å². The minimum absolute atomic E-state index is 0. The number of anilines is 1. The van der Waals surface area contributed by atoms with E-state index in [0.717, 1.165) is 38.2 Å². The predicted octanol–water partition coefficient (Wildman–Crippen LogP) is 2.81. The summed E-state index contributed by atoms with van der Waals surface area (Å²) >= 11 is 0. The van der Waals surface area contributed by atoms with Crippen molar-refractivity contribution in [3.05, 3.63) is 39.4 Å². The van der Waals surface area contributed by atoms with Crippen LogP contribution in [0.4, 0.5) is 10.1 Å². The molecule has 0 radical (unpaired) electrons. The number of nitrogens with zero attached hydrogens (tertiary/aromatic N) is 2. The van der Waals surface area contributed by atoms with Gasteiger partial charge in [0.05, 0.1) is 11.2 Å². The van der Waals surface area contributed by atoms with Gasteiger partial charge in [0.1, 0.15) is 11.4 Å². The van der Waals surface area contributed by atoms with Gasteiger partial charge in [-0.2, -0.15) is 0 Å². The van der Waals surface area contributed by atoms with Crippen molar-refractivity contribution in [2.75, 3.05) is 31.1 Å². The van der Waals surface area contributed by atoms with Gasteiger partial charge >= 0.3 is 5.97 Å². The second-order valence-corrected chi connectivity index (χ2v) is 7.63.